The first-order chi connectivity index (χ1) is 5.04. The Morgan fingerprint density at radius 3 is 2.27 bits per heavy atom. The standard InChI is InChI=1S/C6H3ClF3N/c7-4-3(11)1-2(8)5(9)6(4)10/h1H,11H2. The van der Waals surface area contributed by atoms with Crippen LogP contribution < -0.4 is 5.73 Å². The minimum Gasteiger partial charge on any atom is -0.397 e. The number of benzene rings is 1. The summed E-state index contributed by atoms with van der Waals surface area (Å²) in [5, 5.41) is -0.594. The van der Waals surface area contributed by atoms with Crippen molar-refractivity contribution in [3.05, 3.63) is 28.5 Å². The van der Waals surface area contributed by atoms with Crippen LogP contribution in [-0.2, 0) is 0 Å². The Balaban J connectivity index is 3.46. The maximum absolute atomic E-state index is 12.4. The highest BCUT2D eigenvalue weighted by atomic mass is 35.5. The molecule has 0 atom stereocenters. The lowest BCUT2D eigenvalue weighted by Crippen LogP contribution is -1.96. The van der Waals surface area contributed by atoms with E-state index in [1.807, 2.05) is 0 Å². The first-order valence-corrected chi connectivity index (χ1v) is 3.00. The summed E-state index contributed by atoms with van der Waals surface area (Å²) in [5.41, 5.74) is 4.70. The van der Waals surface area contributed by atoms with Crippen molar-refractivity contribution in [3.63, 3.8) is 0 Å². The first-order valence-electron chi connectivity index (χ1n) is 2.62. The number of nitrogen functional groups attached to an aromatic ring is 1. The van der Waals surface area contributed by atoms with Gasteiger partial charge in [-0.2, -0.15) is 0 Å². The maximum Gasteiger partial charge on any atom is 0.196 e. The average molecular weight is 182 g/mol. The largest absolute Gasteiger partial charge is 0.397 e. The van der Waals surface area contributed by atoms with Gasteiger partial charge in [-0.25, -0.2) is 13.2 Å². The summed E-state index contributed by atoms with van der Waals surface area (Å²) in [7, 11) is 0. The second-order valence-corrected chi connectivity index (χ2v) is 2.27. The number of hydrogen-bond acceptors (Lipinski definition) is 1. The van der Waals surface area contributed by atoms with E-state index in [1.165, 1.54) is 0 Å². The highest BCUT2D eigenvalue weighted by Crippen LogP contribution is 2.25. The van der Waals surface area contributed by atoms with Gasteiger partial charge in [-0.1, -0.05) is 11.6 Å². The van der Waals surface area contributed by atoms with E-state index in [4.69, 9.17) is 17.3 Å². The molecule has 0 radical (unpaired) electrons. The van der Waals surface area contributed by atoms with Crippen molar-refractivity contribution < 1.29 is 13.2 Å². The molecule has 0 saturated carbocycles. The highest BCUT2D eigenvalue weighted by molar-refractivity contribution is 6.33. The molecule has 1 aromatic carbocycles. The van der Waals surface area contributed by atoms with Crippen LogP contribution in [0.2, 0.25) is 5.02 Å². The zero-order chi connectivity index (χ0) is 8.59. The van der Waals surface area contributed by atoms with Crippen LogP contribution in [-0.4, -0.2) is 0 Å². The molecule has 0 bridgehead atoms. The first kappa shape index (κ1) is 8.20. The van der Waals surface area contributed by atoms with Gasteiger partial charge < -0.3 is 5.73 Å². The number of hydrogen-bond donors (Lipinski definition) is 1. The molecule has 0 aromatic heterocycles. The minimum atomic E-state index is -1.61. The Bertz CT molecular complexity index is 274. The fourth-order valence-electron chi connectivity index (χ4n) is 0.591. The van der Waals surface area contributed by atoms with Crippen molar-refractivity contribution in [1.29, 1.82) is 0 Å². The molecule has 0 aliphatic rings. The Morgan fingerprint density at radius 1 is 1.18 bits per heavy atom. The molecular weight excluding hydrogens is 179 g/mol. The van der Waals surface area contributed by atoms with Gasteiger partial charge in [-0.05, 0) is 0 Å². The fraction of sp³-hybridized carbons (Fsp3) is 0. The van der Waals surface area contributed by atoms with E-state index in [-0.39, 0.29) is 5.69 Å². The molecule has 0 spiro atoms. The Hall–Kier alpha value is -0.900. The van der Waals surface area contributed by atoms with Crippen LogP contribution in [0.1, 0.15) is 0 Å². The molecule has 0 saturated heterocycles. The van der Waals surface area contributed by atoms with E-state index in [2.05, 4.69) is 0 Å². The fourth-order valence-corrected chi connectivity index (χ4v) is 0.729. The lowest BCUT2D eigenvalue weighted by Gasteiger charge is -2.00. The van der Waals surface area contributed by atoms with Gasteiger partial charge in [0.05, 0.1) is 5.69 Å². The van der Waals surface area contributed by atoms with Crippen LogP contribution in [0, 0.1) is 17.5 Å². The summed E-state index contributed by atoms with van der Waals surface area (Å²) >= 11 is 5.15. The molecule has 60 valence electrons. The summed E-state index contributed by atoms with van der Waals surface area (Å²) in [6.07, 6.45) is 0. The van der Waals surface area contributed by atoms with Gasteiger partial charge in [0.25, 0.3) is 0 Å². The number of nitrogens with two attached hydrogens (primary N) is 1. The molecule has 2 N–H and O–H groups in total. The summed E-state index contributed by atoms with van der Waals surface area (Å²) in [6.45, 7) is 0. The van der Waals surface area contributed by atoms with Crippen LogP contribution in [0.5, 0.6) is 0 Å². The van der Waals surface area contributed by atoms with E-state index in [1.54, 1.807) is 0 Å². The third-order valence-electron chi connectivity index (χ3n) is 1.13. The summed E-state index contributed by atoms with van der Waals surface area (Å²) in [5.74, 6) is -4.40. The van der Waals surface area contributed by atoms with Gasteiger partial charge in [0.2, 0.25) is 0 Å². The normalized spacial score (nSPS) is 10.2. The van der Waals surface area contributed by atoms with Crippen molar-refractivity contribution in [1.82, 2.24) is 0 Å². The predicted octanol–water partition coefficient (Wildman–Crippen LogP) is 2.34. The second-order valence-electron chi connectivity index (χ2n) is 1.89. The quantitative estimate of drug-likeness (QED) is 0.371. The Morgan fingerprint density at radius 2 is 1.73 bits per heavy atom. The Kier molecular flexibility index (Phi) is 1.95. The van der Waals surface area contributed by atoms with Gasteiger partial charge >= 0.3 is 0 Å². The molecule has 0 heterocycles. The van der Waals surface area contributed by atoms with Gasteiger partial charge in [-0.15, -0.1) is 0 Å². The smallest absolute Gasteiger partial charge is 0.196 e. The maximum atomic E-state index is 12.4. The van der Waals surface area contributed by atoms with Crippen molar-refractivity contribution in [3.8, 4) is 0 Å². The van der Waals surface area contributed by atoms with E-state index in [0.29, 0.717) is 6.07 Å². The van der Waals surface area contributed by atoms with E-state index < -0.39 is 22.5 Å². The predicted molar refractivity (Wildman–Crippen MR) is 35.7 cm³/mol. The van der Waals surface area contributed by atoms with Crippen LogP contribution in [0.4, 0.5) is 18.9 Å². The molecule has 5 heteroatoms. The molecule has 0 amide bonds. The summed E-state index contributed by atoms with van der Waals surface area (Å²) in [6, 6.07) is 0.626. The third kappa shape index (κ3) is 1.26. The zero-order valence-corrected chi connectivity index (χ0v) is 5.92. The molecule has 0 aliphatic heterocycles. The van der Waals surface area contributed by atoms with Gasteiger partial charge in [-0.3, -0.25) is 0 Å². The zero-order valence-electron chi connectivity index (χ0n) is 5.17. The van der Waals surface area contributed by atoms with Gasteiger partial charge in [0.1, 0.15) is 5.02 Å². The highest BCUT2D eigenvalue weighted by Gasteiger charge is 2.14. The van der Waals surface area contributed by atoms with Crippen molar-refractivity contribution in [2.45, 2.75) is 0 Å². The van der Waals surface area contributed by atoms with Crippen LogP contribution in [0.15, 0.2) is 6.07 Å². The van der Waals surface area contributed by atoms with E-state index >= 15 is 0 Å². The topological polar surface area (TPSA) is 26.0 Å². The van der Waals surface area contributed by atoms with Crippen LogP contribution >= 0.6 is 11.6 Å². The summed E-state index contributed by atoms with van der Waals surface area (Å²) in [4.78, 5) is 0. The monoisotopic (exact) mass is 181 g/mol. The molecule has 1 aromatic rings. The van der Waals surface area contributed by atoms with Crippen LogP contribution in [0.25, 0.3) is 0 Å². The van der Waals surface area contributed by atoms with Crippen molar-refractivity contribution >= 4 is 17.3 Å². The second kappa shape index (κ2) is 2.62. The van der Waals surface area contributed by atoms with Crippen molar-refractivity contribution in [2.75, 3.05) is 5.73 Å². The van der Waals surface area contributed by atoms with Gasteiger partial charge in [0, 0.05) is 6.07 Å². The third-order valence-corrected chi connectivity index (χ3v) is 1.51. The Labute approximate surface area is 65.6 Å². The lowest BCUT2D eigenvalue weighted by atomic mass is 10.3. The van der Waals surface area contributed by atoms with Crippen molar-refractivity contribution in [2.24, 2.45) is 0 Å². The molecule has 0 fully saturated rings. The summed E-state index contributed by atoms with van der Waals surface area (Å²) < 4.78 is 37.0. The number of halogens is 4. The molecule has 0 aliphatic carbocycles. The molecule has 1 nitrogen and oxygen atoms in total. The number of rotatable bonds is 0. The average Bonchev–Trinajstić information content (AvgIpc) is 1.97. The van der Waals surface area contributed by atoms with Crippen LogP contribution in [0.3, 0.4) is 0 Å². The molecule has 0 unspecified atom stereocenters. The minimum absolute atomic E-state index is 0.317. The van der Waals surface area contributed by atoms with E-state index in [9.17, 15) is 13.2 Å². The van der Waals surface area contributed by atoms with Gasteiger partial charge in [0.15, 0.2) is 17.5 Å². The van der Waals surface area contributed by atoms with E-state index in [0.717, 1.165) is 0 Å². The molecule has 1 rings (SSSR count). The molecule has 11 heavy (non-hydrogen) atoms. The number of anilines is 1. The lowest BCUT2D eigenvalue weighted by molar-refractivity contribution is 0.448. The molecular formula is C6H3ClF3N. The SMILES string of the molecule is Nc1cc(F)c(F)c(F)c1Cl.